The number of fused-ring (bicyclic) bond motifs is 2. The minimum Gasteiger partial charge on any atom is -0.493 e. The van der Waals surface area contributed by atoms with E-state index < -0.39 is 12.3 Å². The topological polar surface area (TPSA) is 122 Å². The molecule has 3 aromatic carbocycles. The number of halogens is 1. The van der Waals surface area contributed by atoms with Gasteiger partial charge in [-0.25, -0.2) is 4.79 Å². The maximum Gasteiger partial charge on any atom is 0.329 e. The highest BCUT2D eigenvalue weighted by Gasteiger charge is 2.41. The van der Waals surface area contributed by atoms with Gasteiger partial charge in [-0.1, -0.05) is 42.6 Å². The molecule has 1 aromatic heterocycles. The van der Waals surface area contributed by atoms with Crippen molar-refractivity contribution in [3.05, 3.63) is 92.4 Å². The second-order valence-electron chi connectivity index (χ2n) is 19.3. The van der Waals surface area contributed by atoms with Gasteiger partial charge in [0.2, 0.25) is 11.8 Å². The molecule has 3 aliphatic heterocycles. The van der Waals surface area contributed by atoms with Crippen molar-refractivity contribution >= 4 is 34.4 Å². The van der Waals surface area contributed by atoms with E-state index in [1.165, 1.54) is 50.8 Å². The molecule has 2 saturated heterocycles. The first-order chi connectivity index (χ1) is 30.9. The van der Waals surface area contributed by atoms with E-state index in [4.69, 9.17) is 21.1 Å². The van der Waals surface area contributed by atoms with Gasteiger partial charge in [0.15, 0.2) is 11.5 Å². The number of aryl methyl sites for hydroxylation is 2. The van der Waals surface area contributed by atoms with E-state index in [1.54, 1.807) is 23.3 Å². The Hall–Kier alpha value is -4.36. The van der Waals surface area contributed by atoms with Crippen LogP contribution in [0.5, 0.6) is 11.5 Å². The van der Waals surface area contributed by atoms with Crippen LogP contribution in [0.2, 0.25) is 5.02 Å². The summed E-state index contributed by atoms with van der Waals surface area (Å²) < 4.78 is 15.2. The zero-order valence-corrected chi connectivity index (χ0v) is 39.3. The Morgan fingerprint density at radius 2 is 1.61 bits per heavy atom. The minimum absolute atomic E-state index is 0.00912. The fourth-order valence-corrected chi connectivity index (χ4v) is 11.3. The van der Waals surface area contributed by atoms with Crippen LogP contribution in [0, 0.1) is 5.92 Å². The number of amides is 2. The highest BCUT2D eigenvalue weighted by molar-refractivity contribution is 6.30. The normalized spacial score (nSPS) is 23.5. The van der Waals surface area contributed by atoms with Gasteiger partial charge in [0.05, 0.1) is 42.8 Å². The third-order valence-corrected chi connectivity index (χ3v) is 14.9. The molecule has 2 amide bonds. The van der Waals surface area contributed by atoms with Crippen LogP contribution in [-0.2, 0) is 29.5 Å². The van der Waals surface area contributed by atoms with Crippen molar-refractivity contribution in [2.45, 2.75) is 140 Å². The number of imidazole rings is 1. The van der Waals surface area contributed by atoms with Crippen LogP contribution >= 0.6 is 11.6 Å². The molecule has 4 heterocycles. The lowest BCUT2D eigenvalue weighted by Crippen LogP contribution is -2.50. The van der Waals surface area contributed by atoms with E-state index in [2.05, 4.69) is 57.4 Å². The first-order valence-electron chi connectivity index (χ1n) is 23.9. The molecule has 0 radical (unpaired) electrons. The van der Waals surface area contributed by atoms with Gasteiger partial charge in [0.1, 0.15) is 6.23 Å². The Labute approximate surface area is 383 Å². The summed E-state index contributed by atoms with van der Waals surface area (Å²) in [7, 11) is 5.75. The molecule has 3 atom stereocenters. The lowest BCUT2D eigenvalue weighted by Gasteiger charge is -2.46. The van der Waals surface area contributed by atoms with Gasteiger partial charge in [0, 0.05) is 37.1 Å². The quantitative estimate of drug-likeness (QED) is 0.110. The summed E-state index contributed by atoms with van der Waals surface area (Å²) in [5, 5.41) is 13.8. The van der Waals surface area contributed by atoms with Crippen molar-refractivity contribution in [1.29, 1.82) is 0 Å². The number of ether oxygens (including phenoxy) is 2. The summed E-state index contributed by atoms with van der Waals surface area (Å²) in [6.45, 7) is 8.69. The Morgan fingerprint density at radius 1 is 0.875 bits per heavy atom. The number of hydrogen-bond acceptors (Lipinski definition) is 8. The van der Waals surface area contributed by atoms with Crippen molar-refractivity contribution < 1.29 is 24.2 Å². The molecule has 13 heteroatoms. The van der Waals surface area contributed by atoms with Gasteiger partial charge in [-0.2, -0.15) is 0 Å². The molecule has 64 heavy (non-hydrogen) atoms. The standard InChI is InChI=1S/C51H69ClN6O6/c1-33(2)64-46-31-41-37(29-45(46)63-5)30-48(60)57(49(41)36-12-14-38(52)15-13-36)40-18-16-39(17-19-40)54(3)32-35-23-26-56(27-24-35)25-9-7-6-8-10-34-11-20-42-44(28-34)55(4)51(62)58(42)43-21-22-47(59)53-50(43)61/h11-15,20,28-29,31,33,35,39-40,43,49-50,61H,6-10,16-19,21-27,30,32H2,1-5H3,(H,53,59). The molecule has 0 spiro atoms. The largest absolute Gasteiger partial charge is 0.493 e. The lowest BCUT2D eigenvalue weighted by molar-refractivity contribution is -0.137. The molecule has 3 fully saturated rings. The summed E-state index contributed by atoms with van der Waals surface area (Å²) in [5.74, 6) is 2.07. The molecule has 4 aromatic rings. The second kappa shape index (κ2) is 20.4. The SMILES string of the molecule is COc1cc2c(cc1OC(C)C)C(c1ccc(Cl)cc1)N(C1CCC(N(C)CC3CCN(CCCCCCc4ccc5c(c4)n(C)c(=O)n5C4CCC(=O)NC4O)CC3)CC1)C(=O)C2. The number of carbonyl (C=O) groups is 2. The van der Waals surface area contributed by atoms with E-state index in [-0.39, 0.29) is 35.7 Å². The summed E-state index contributed by atoms with van der Waals surface area (Å²) in [5.41, 5.74) is 5.88. The molecule has 1 aliphatic carbocycles. The van der Waals surface area contributed by atoms with E-state index in [1.807, 2.05) is 38.1 Å². The highest BCUT2D eigenvalue weighted by Crippen LogP contribution is 2.45. The number of likely N-dealkylation sites (tertiary alicyclic amines) is 1. The first kappa shape index (κ1) is 46.2. The highest BCUT2D eigenvalue weighted by atomic mass is 35.5. The van der Waals surface area contributed by atoms with Gasteiger partial charge in [-0.15, -0.1) is 0 Å². The van der Waals surface area contributed by atoms with Crippen molar-refractivity contribution in [3.8, 4) is 11.5 Å². The summed E-state index contributed by atoms with van der Waals surface area (Å²) >= 11 is 6.36. The van der Waals surface area contributed by atoms with Crippen LogP contribution in [0.3, 0.4) is 0 Å². The summed E-state index contributed by atoms with van der Waals surface area (Å²) in [4.78, 5) is 46.5. The Morgan fingerprint density at radius 3 is 2.31 bits per heavy atom. The number of aliphatic hydroxyl groups is 1. The number of benzene rings is 3. The second-order valence-corrected chi connectivity index (χ2v) is 19.7. The molecular formula is C51H69ClN6O6. The van der Waals surface area contributed by atoms with E-state index >= 15 is 0 Å². The predicted molar refractivity (Wildman–Crippen MR) is 252 cm³/mol. The zero-order chi connectivity index (χ0) is 45.1. The van der Waals surface area contributed by atoms with Crippen LogP contribution in [0.1, 0.15) is 125 Å². The fraction of sp³-hybridized carbons (Fsp3) is 0.588. The average Bonchev–Trinajstić information content (AvgIpc) is 3.52. The lowest BCUT2D eigenvalue weighted by atomic mass is 9.82. The monoisotopic (exact) mass is 896 g/mol. The third-order valence-electron chi connectivity index (χ3n) is 14.6. The number of hydrogen-bond donors (Lipinski definition) is 2. The fourth-order valence-electron chi connectivity index (χ4n) is 11.1. The van der Waals surface area contributed by atoms with Crippen molar-refractivity contribution in [2.24, 2.45) is 13.0 Å². The van der Waals surface area contributed by atoms with E-state index in [0.29, 0.717) is 41.8 Å². The van der Waals surface area contributed by atoms with E-state index in [9.17, 15) is 19.5 Å². The van der Waals surface area contributed by atoms with Crippen molar-refractivity contribution in [1.82, 2.24) is 29.2 Å². The molecule has 2 N–H and O–H groups in total. The van der Waals surface area contributed by atoms with Gasteiger partial charge in [0.25, 0.3) is 0 Å². The number of nitrogens with one attached hydrogen (secondary N) is 1. The predicted octanol–water partition coefficient (Wildman–Crippen LogP) is 7.79. The number of unbranched alkanes of at least 4 members (excludes halogenated alkanes) is 3. The number of carbonyl (C=O) groups excluding carboxylic acids is 2. The Bertz CT molecular complexity index is 2310. The Kier molecular flexibility index (Phi) is 14.7. The molecule has 4 aliphatic rings. The van der Waals surface area contributed by atoms with Crippen LogP contribution in [0.15, 0.2) is 59.4 Å². The smallest absolute Gasteiger partial charge is 0.329 e. The molecule has 8 rings (SSSR count). The summed E-state index contributed by atoms with van der Waals surface area (Å²) in [6, 6.07) is 18.3. The molecule has 12 nitrogen and oxygen atoms in total. The van der Waals surface area contributed by atoms with Gasteiger partial charge in [-0.3, -0.25) is 18.7 Å². The number of aliphatic hydroxyl groups excluding tert-OH is 1. The van der Waals surface area contributed by atoms with E-state index in [0.717, 1.165) is 85.3 Å². The van der Waals surface area contributed by atoms with Crippen molar-refractivity contribution in [3.63, 3.8) is 0 Å². The molecular weight excluding hydrogens is 828 g/mol. The maximum atomic E-state index is 14.1. The van der Waals surface area contributed by atoms with Crippen LogP contribution in [0.4, 0.5) is 0 Å². The number of aromatic nitrogens is 2. The number of rotatable bonds is 16. The number of methoxy groups -OCH3 is 1. The molecule has 3 unspecified atom stereocenters. The minimum atomic E-state index is -1.07. The number of piperidine rings is 2. The van der Waals surface area contributed by atoms with Crippen LogP contribution in [-0.4, -0.2) is 106 Å². The summed E-state index contributed by atoms with van der Waals surface area (Å²) in [6.07, 6.45) is 12.4. The van der Waals surface area contributed by atoms with Crippen LogP contribution < -0.4 is 20.5 Å². The maximum absolute atomic E-state index is 14.1. The molecule has 1 saturated carbocycles. The van der Waals surface area contributed by atoms with Gasteiger partial charge in [-0.05, 0) is 169 Å². The van der Waals surface area contributed by atoms with Crippen molar-refractivity contribution in [2.75, 3.05) is 40.3 Å². The Balaban J connectivity index is 0.772. The third kappa shape index (κ3) is 10.2. The zero-order valence-electron chi connectivity index (χ0n) is 38.6. The van der Waals surface area contributed by atoms with Gasteiger partial charge < -0.3 is 34.6 Å². The number of nitrogens with zero attached hydrogens (tertiary/aromatic N) is 5. The van der Waals surface area contributed by atoms with Crippen LogP contribution in [0.25, 0.3) is 11.0 Å². The molecule has 346 valence electrons. The average molecular weight is 898 g/mol. The molecule has 0 bridgehead atoms. The first-order valence-corrected chi connectivity index (χ1v) is 24.3. The van der Waals surface area contributed by atoms with Gasteiger partial charge >= 0.3 is 5.69 Å².